The van der Waals surface area contributed by atoms with Gasteiger partial charge < -0.3 is 10.6 Å². The lowest BCUT2D eigenvalue weighted by Gasteiger charge is -2.33. The predicted molar refractivity (Wildman–Crippen MR) is 111 cm³/mol. The first-order valence-electron chi connectivity index (χ1n) is 11.1. The zero-order valence-corrected chi connectivity index (χ0v) is 18.1. The predicted octanol–water partition coefficient (Wildman–Crippen LogP) is 3.85. The average molecular weight is 438 g/mol. The molecule has 0 spiro atoms. The lowest BCUT2D eigenvalue weighted by Crippen LogP contribution is -2.42. The number of nitrogens with two attached hydrogens (primary N) is 1. The van der Waals surface area contributed by atoms with Crippen molar-refractivity contribution in [2.24, 2.45) is 11.7 Å². The Labute approximate surface area is 180 Å². The number of aryl methyl sites for hydroxylation is 1. The molecule has 3 heterocycles. The van der Waals surface area contributed by atoms with Crippen molar-refractivity contribution in [3.05, 3.63) is 28.7 Å². The van der Waals surface area contributed by atoms with Crippen LogP contribution in [0.5, 0.6) is 0 Å². The van der Waals surface area contributed by atoms with Gasteiger partial charge in [0.15, 0.2) is 5.65 Å². The van der Waals surface area contributed by atoms with Crippen molar-refractivity contribution in [2.45, 2.75) is 70.4 Å². The Morgan fingerprint density at radius 2 is 1.87 bits per heavy atom. The molecule has 0 unspecified atom stereocenters. The Hall–Kier alpha value is -2.16. The molecule has 1 atom stereocenters. The van der Waals surface area contributed by atoms with Crippen LogP contribution in [0.25, 0.3) is 5.65 Å². The normalized spacial score (nSPS) is 25.2. The SMILES string of the molecule is Cc1nc2cc(C3CCC(C(F)(F)F)CC3)nn2c([C@@H]2CCCN(C(=O)CN)C2)c1C. The quantitative estimate of drug-likeness (QED) is 0.792. The number of hydrogen-bond acceptors (Lipinski definition) is 4. The fourth-order valence-electron chi connectivity index (χ4n) is 5.20. The molecule has 0 aromatic carbocycles. The Morgan fingerprint density at radius 1 is 1.16 bits per heavy atom. The number of carbonyl (C=O) groups is 1. The first kappa shape index (κ1) is 22.0. The lowest BCUT2D eigenvalue weighted by molar-refractivity contribution is -0.182. The Bertz CT molecular complexity index is 962. The van der Waals surface area contributed by atoms with Crippen molar-refractivity contribution >= 4 is 11.6 Å². The number of piperidine rings is 1. The summed E-state index contributed by atoms with van der Waals surface area (Å²) in [6.45, 7) is 5.30. The Morgan fingerprint density at radius 3 is 2.52 bits per heavy atom. The molecular formula is C22H30F3N5O. The molecule has 0 bridgehead atoms. The van der Waals surface area contributed by atoms with E-state index in [9.17, 15) is 18.0 Å². The number of aromatic nitrogens is 3. The maximum Gasteiger partial charge on any atom is 0.391 e. The molecule has 4 rings (SSSR count). The minimum absolute atomic E-state index is 0.00298. The standard InChI is InChI=1S/C22H30F3N5O/c1-13-14(2)27-19-10-18(15-5-7-17(8-6-15)22(23,24)25)28-30(19)21(13)16-4-3-9-29(12-16)20(31)11-26/h10,15-17H,3-9,11-12,26H2,1-2H3/t15?,16-,17?/m1/s1. The van der Waals surface area contributed by atoms with Crippen LogP contribution in [0.3, 0.4) is 0 Å². The molecular weight excluding hydrogens is 407 g/mol. The van der Waals surface area contributed by atoms with E-state index in [1.54, 1.807) is 0 Å². The lowest BCUT2D eigenvalue weighted by atomic mass is 9.80. The van der Waals surface area contributed by atoms with Crippen LogP contribution in [0, 0.1) is 19.8 Å². The summed E-state index contributed by atoms with van der Waals surface area (Å²) >= 11 is 0. The third-order valence-corrected chi connectivity index (χ3v) is 7.09. The highest BCUT2D eigenvalue weighted by Crippen LogP contribution is 2.43. The molecule has 1 aliphatic carbocycles. The summed E-state index contributed by atoms with van der Waals surface area (Å²) in [5, 5.41) is 4.84. The minimum atomic E-state index is -4.11. The molecule has 1 aliphatic heterocycles. The number of likely N-dealkylation sites (tertiary alicyclic amines) is 1. The summed E-state index contributed by atoms with van der Waals surface area (Å²) in [5.74, 6) is -1.10. The van der Waals surface area contributed by atoms with Crippen molar-refractivity contribution in [1.29, 1.82) is 0 Å². The van der Waals surface area contributed by atoms with E-state index in [4.69, 9.17) is 15.8 Å². The van der Waals surface area contributed by atoms with Crippen molar-refractivity contribution in [3.63, 3.8) is 0 Å². The number of hydrogen-bond donors (Lipinski definition) is 1. The molecule has 1 amide bonds. The number of rotatable bonds is 3. The highest BCUT2D eigenvalue weighted by atomic mass is 19.4. The van der Waals surface area contributed by atoms with Gasteiger partial charge in [-0.25, -0.2) is 9.50 Å². The van der Waals surface area contributed by atoms with Gasteiger partial charge in [-0.2, -0.15) is 18.3 Å². The number of alkyl halides is 3. The second-order valence-electron chi connectivity index (χ2n) is 9.02. The van der Waals surface area contributed by atoms with Gasteiger partial charge in [-0.15, -0.1) is 0 Å². The zero-order valence-electron chi connectivity index (χ0n) is 18.1. The fraction of sp³-hybridized carbons (Fsp3) is 0.682. The van der Waals surface area contributed by atoms with E-state index < -0.39 is 12.1 Å². The third-order valence-electron chi connectivity index (χ3n) is 7.09. The minimum Gasteiger partial charge on any atom is -0.341 e. The zero-order chi connectivity index (χ0) is 22.3. The summed E-state index contributed by atoms with van der Waals surface area (Å²) in [6, 6.07) is 1.93. The molecule has 2 aliphatic rings. The topological polar surface area (TPSA) is 76.5 Å². The van der Waals surface area contributed by atoms with Gasteiger partial charge in [-0.3, -0.25) is 4.79 Å². The van der Waals surface area contributed by atoms with Gasteiger partial charge in [0.05, 0.1) is 23.9 Å². The summed E-state index contributed by atoms with van der Waals surface area (Å²) in [7, 11) is 0. The van der Waals surface area contributed by atoms with Crippen LogP contribution in [-0.4, -0.2) is 51.2 Å². The van der Waals surface area contributed by atoms with Gasteiger partial charge in [0, 0.05) is 36.7 Å². The summed E-state index contributed by atoms with van der Waals surface area (Å²) in [5.41, 5.74) is 10.1. The molecule has 1 saturated carbocycles. The van der Waals surface area contributed by atoms with Crippen molar-refractivity contribution in [3.8, 4) is 0 Å². The largest absolute Gasteiger partial charge is 0.391 e. The van der Waals surface area contributed by atoms with Crippen molar-refractivity contribution < 1.29 is 18.0 Å². The third kappa shape index (κ3) is 4.29. The summed E-state index contributed by atoms with van der Waals surface area (Å²) in [6.07, 6.45) is -0.986. The smallest absolute Gasteiger partial charge is 0.341 e. The molecule has 2 aromatic rings. The maximum absolute atomic E-state index is 13.0. The second kappa shape index (κ2) is 8.41. The van der Waals surface area contributed by atoms with Crippen molar-refractivity contribution in [1.82, 2.24) is 19.5 Å². The Kier molecular flexibility index (Phi) is 5.98. The molecule has 170 valence electrons. The first-order chi connectivity index (χ1) is 14.7. The molecule has 2 fully saturated rings. The van der Waals surface area contributed by atoms with Crippen molar-refractivity contribution in [2.75, 3.05) is 19.6 Å². The van der Waals surface area contributed by atoms with E-state index in [0.29, 0.717) is 25.9 Å². The van der Waals surface area contributed by atoms with Gasteiger partial charge in [0.1, 0.15) is 0 Å². The molecule has 6 nitrogen and oxygen atoms in total. The summed E-state index contributed by atoms with van der Waals surface area (Å²) < 4.78 is 41.0. The fourth-order valence-corrected chi connectivity index (χ4v) is 5.20. The number of fused-ring (bicyclic) bond motifs is 1. The number of carbonyl (C=O) groups excluding carboxylic acids is 1. The average Bonchev–Trinajstić information content (AvgIpc) is 3.16. The number of halogens is 3. The molecule has 2 aromatic heterocycles. The van der Waals surface area contributed by atoms with Crippen LogP contribution in [0.15, 0.2) is 6.07 Å². The second-order valence-corrected chi connectivity index (χ2v) is 9.02. The van der Waals surface area contributed by atoms with E-state index in [1.165, 1.54) is 0 Å². The molecule has 9 heteroatoms. The van der Waals surface area contributed by atoms with Crippen LogP contribution in [0.1, 0.15) is 73.0 Å². The van der Waals surface area contributed by atoms with Crippen LogP contribution in [0.4, 0.5) is 13.2 Å². The van der Waals surface area contributed by atoms with Gasteiger partial charge in [-0.05, 0) is 57.9 Å². The van der Waals surface area contributed by atoms with Crippen LogP contribution >= 0.6 is 0 Å². The van der Waals surface area contributed by atoms with Crippen LogP contribution < -0.4 is 5.73 Å². The van der Waals surface area contributed by atoms with E-state index in [-0.39, 0.29) is 37.1 Å². The van der Waals surface area contributed by atoms with E-state index >= 15 is 0 Å². The number of nitrogens with zero attached hydrogens (tertiary/aromatic N) is 4. The van der Waals surface area contributed by atoms with Gasteiger partial charge in [-0.1, -0.05) is 0 Å². The first-order valence-corrected chi connectivity index (χ1v) is 11.1. The van der Waals surface area contributed by atoms with Crippen LogP contribution in [-0.2, 0) is 4.79 Å². The van der Waals surface area contributed by atoms with Gasteiger partial charge in [0.25, 0.3) is 0 Å². The molecule has 31 heavy (non-hydrogen) atoms. The van der Waals surface area contributed by atoms with E-state index in [1.807, 2.05) is 29.3 Å². The molecule has 0 radical (unpaired) electrons. The monoisotopic (exact) mass is 437 g/mol. The van der Waals surface area contributed by atoms with Gasteiger partial charge in [0.2, 0.25) is 5.91 Å². The highest BCUT2D eigenvalue weighted by Gasteiger charge is 2.42. The van der Waals surface area contributed by atoms with Gasteiger partial charge >= 0.3 is 6.18 Å². The van der Waals surface area contributed by atoms with E-state index in [0.717, 1.165) is 41.1 Å². The Balaban J connectivity index is 1.64. The van der Waals surface area contributed by atoms with Crippen LogP contribution in [0.2, 0.25) is 0 Å². The molecule has 1 saturated heterocycles. The summed E-state index contributed by atoms with van der Waals surface area (Å²) in [4.78, 5) is 18.7. The number of amides is 1. The molecule has 2 N–H and O–H groups in total. The maximum atomic E-state index is 13.0. The highest BCUT2D eigenvalue weighted by molar-refractivity contribution is 5.78. The van der Waals surface area contributed by atoms with E-state index in [2.05, 4.69) is 0 Å².